The van der Waals surface area contributed by atoms with E-state index in [4.69, 9.17) is 0 Å². The molecule has 0 aliphatic carbocycles. The first-order valence-corrected chi connectivity index (χ1v) is 3.70. The molecule has 0 saturated heterocycles. The molecule has 0 aliphatic rings. The predicted molar refractivity (Wildman–Crippen MR) is 41.4 cm³/mol. The van der Waals surface area contributed by atoms with Gasteiger partial charge < -0.3 is 0 Å². The van der Waals surface area contributed by atoms with Gasteiger partial charge in [-0.2, -0.15) is 13.2 Å². The fourth-order valence-corrected chi connectivity index (χ4v) is 1.06. The Morgan fingerprint density at radius 1 is 1.29 bits per heavy atom. The Morgan fingerprint density at radius 2 is 1.86 bits per heavy atom. The third-order valence-electron chi connectivity index (χ3n) is 1.67. The van der Waals surface area contributed by atoms with E-state index in [2.05, 4.69) is 0 Å². The Labute approximate surface area is 77.3 Å². The second-order valence-corrected chi connectivity index (χ2v) is 2.74. The summed E-state index contributed by atoms with van der Waals surface area (Å²) in [4.78, 5) is 10.8. The largest absolute Gasteiger partial charge is 0.417 e. The molecule has 0 bridgehead atoms. The Balaban J connectivity index is 3.38. The van der Waals surface area contributed by atoms with Crippen molar-refractivity contribution < 1.29 is 22.4 Å². The normalized spacial score (nSPS) is 11.5. The Hall–Kier alpha value is -1.39. The number of benzene rings is 1. The van der Waals surface area contributed by atoms with E-state index in [1.54, 1.807) is 0 Å². The molecule has 0 aromatic heterocycles. The topological polar surface area (TPSA) is 17.1 Å². The lowest BCUT2D eigenvalue weighted by atomic mass is 10.0. The second kappa shape index (κ2) is 3.40. The summed E-state index contributed by atoms with van der Waals surface area (Å²) in [6.45, 7) is 1.00. The van der Waals surface area contributed by atoms with Crippen LogP contribution in [0.4, 0.5) is 17.6 Å². The van der Waals surface area contributed by atoms with Gasteiger partial charge in [-0.1, -0.05) is 0 Å². The van der Waals surface area contributed by atoms with Crippen molar-refractivity contribution in [2.75, 3.05) is 0 Å². The van der Waals surface area contributed by atoms with Crippen molar-refractivity contribution >= 4 is 5.78 Å². The molecule has 0 N–H and O–H groups in total. The second-order valence-electron chi connectivity index (χ2n) is 2.74. The number of Topliss-reactive ketones (excluding diaryl/α,β-unsaturated/α-hetero) is 1. The van der Waals surface area contributed by atoms with Crippen molar-refractivity contribution in [3.63, 3.8) is 0 Å². The first kappa shape index (κ1) is 10.7. The fourth-order valence-electron chi connectivity index (χ4n) is 1.06. The van der Waals surface area contributed by atoms with Crippen molar-refractivity contribution in [2.45, 2.75) is 13.1 Å². The van der Waals surface area contributed by atoms with Crippen LogP contribution in [0.25, 0.3) is 0 Å². The van der Waals surface area contributed by atoms with Crippen molar-refractivity contribution in [1.29, 1.82) is 0 Å². The molecule has 0 atom stereocenters. The van der Waals surface area contributed by atoms with Crippen molar-refractivity contribution in [2.24, 2.45) is 0 Å². The zero-order chi connectivity index (χ0) is 10.9. The monoisotopic (exact) mass is 206 g/mol. The van der Waals surface area contributed by atoms with Crippen LogP contribution in [-0.2, 0) is 6.18 Å². The summed E-state index contributed by atoms with van der Waals surface area (Å²) < 4.78 is 49.3. The van der Waals surface area contributed by atoms with E-state index < -0.39 is 28.9 Å². The Kier molecular flexibility index (Phi) is 2.59. The number of rotatable bonds is 1. The summed E-state index contributed by atoms with van der Waals surface area (Å²) in [5.74, 6) is -1.75. The van der Waals surface area contributed by atoms with Crippen LogP contribution in [0.5, 0.6) is 0 Å². The van der Waals surface area contributed by atoms with Gasteiger partial charge in [-0.05, 0) is 25.1 Å². The third-order valence-corrected chi connectivity index (χ3v) is 1.67. The highest BCUT2D eigenvalue weighted by Crippen LogP contribution is 2.32. The first-order valence-electron chi connectivity index (χ1n) is 3.70. The Morgan fingerprint density at radius 3 is 2.29 bits per heavy atom. The summed E-state index contributed by atoms with van der Waals surface area (Å²) in [5, 5.41) is 0. The summed E-state index contributed by atoms with van der Waals surface area (Å²) in [6, 6.07) is 1.98. The molecule has 1 aromatic rings. The van der Waals surface area contributed by atoms with Gasteiger partial charge in [-0.15, -0.1) is 0 Å². The first-order chi connectivity index (χ1) is 6.32. The molecule has 0 fully saturated rings. The molecule has 0 heterocycles. The number of halogens is 4. The van der Waals surface area contributed by atoms with Crippen LogP contribution >= 0.6 is 0 Å². The highest BCUT2D eigenvalue weighted by atomic mass is 19.4. The SMILES string of the molecule is CC(=O)c1ccc(F)cc1C(F)(F)F. The number of carbonyl (C=O) groups is 1. The van der Waals surface area contributed by atoms with Crippen LogP contribution in [0.2, 0.25) is 0 Å². The lowest BCUT2D eigenvalue weighted by Crippen LogP contribution is -2.12. The number of ketones is 1. The van der Waals surface area contributed by atoms with E-state index in [1.807, 2.05) is 0 Å². The molecule has 14 heavy (non-hydrogen) atoms. The molecule has 76 valence electrons. The van der Waals surface area contributed by atoms with Crippen LogP contribution in [-0.4, -0.2) is 5.78 Å². The smallest absolute Gasteiger partial charge is 0.294 e. The minimum atomic E-state index is -4.71. The maximum Gasteiger partial charge on any atom is 0.417 e. The van der Waals surface area contributed by atoms with Gasteiger partial charge in [0.05, 0.1) is 5.56 Å². The number of hydrogen-bond acceptors (Lipinski definition) is 1. The van der Waals surface area contributed by atoms with Gasteiger partial charge in [-0.3, -0.25) is 4.79 Å². The van der Waals surface area contributed by atoms with Crippen LogP contribution in [0.1, 0.15) is 22.8 Å². The average molecular weight is 206 g/mol. The van der Waals surface area contributed by atoms with E-state index in [1.165, 1.54) is 0 Å². The molecule has 1 nitrogen and oxygen atoms in total. The van der Waals surface area contributed by atoms with Gasteiger partial charge in [0, 0.05) is 5.56 Å². The molecule has 0 unspecified atom stereocenters. The predicted octanol–water partition coefficient (Wildman–Crippen LogP) is 3.05. The van der Waals surface area contributed by atoms with E-state index in [0.717, 1.165) is 19.1 Å². The van der Waals surface area contributed by atoms with Gasteiger partial charge in [0.1, 0.15) is 5.82 Å². The molecule has 1 rings (SSSR count). The third kappa shape index (κ3) is 2.10. The standard InChI is InChI=1S/C9H6F4O/c1-5(14)7-3-2-6(10)4-8(7)9(11,12)13/h2-4H,1H3. The molecular formula is C9H6F4O. The van der Waals surface area contributed by atoms with Crippen molar-refractivity contribution in [1.82, 2.24) is 0 Å². The highest BCUT2D eigenvalue weighted by molar-refractivity contribution is 5.95. The minimum absolute atomic E-state index is 0.316. The van der Waals surface area contributed by atoms with E-state index >= 15 is 0 Å². The highest BCUT2D eigenvalue weighted by Gasteiger charge is 2.34. The zero-order valence-corrected chi connectivity index (χ0v) is 7.15. The number of alkyl halides is 3. The summed E-state index contributed by atoms with van der Waals surface area (Å²) in [7, 11) is 0. The zero-order valence-electron chi connectivity index (χ0n) is 7.15. The molecule has 5 heteroatoms. The van der Waals surface area contributed by atoms with Crippen molar-refractivity contribution in [3.05, 3.63) is 35.1 Å². The van der Waals surface area contributed by atoms with Crippen LogP contribution in [0.3, 0.4) is 0 Å². The maximum absolute atomic E-state index is 12.5. The molecule has 1 aromatic carbocycles. The van der Waals surface area contributed by atoms with E-state index in [-0.39, 0.29) is 0 Å². The Bertz CT molecular complexity index is 368. The van der Waals surface area contributed by atoms with Gasteiger partial charge in [-0.25, -0.2) is 4.39 Å². The molecule has 0 spiro atoms. The van der Waals surface area contributed by atoms with Gasteiger partial charge >= 0.3 is 6.18 Å². The number of hydrogen-bond donors (Lipinski definition) is 0. The van der Waals surface area contributed by atoms with E-state index in [9.17, 15) is 22.4 Å². The number of carbonyl (C=O) groups excluding carboxylic acids is 1. The molecular weight excluding hydrogens is 200 g/mol. The lowest BCUT2D eigenvalue weighted by Gasteiger charge is -2.10. The van der Waals surface area contributed by atoms with Gasteiger partial charge in [0.25, 0.3) is 0 Å². The quantitative estimate of drug-likeness (QED) is 0.509. The molecule has 0 aliphatic heterocycles. The summed E-state index contributed by atoms with van der Waals surface area (Å²) >= 11 is 0. The van der Waals surface area contributed by atoms with Gasteiger partial charge in [0.2, 0.25) is 0 Å². The van der Waals surface area contributed by atoms with E-state index in [0.29, 0.717) is 6.07 Å². The molecule has 0 amide bonds. The molecule has 0 radical (unpaired) electrons. The van der Waals surface area contributed by atoms with Crippen LogP contribution < -0.4 is 0 Å². The molecule has 0 saturated carbocycles. The maximum atomic E-state index is 12.5. The van der Waals surface area contributed by atoms with Crippen molar-refractivity contribution in [3.8, 4) is 0 Å². The average Bonchev–Trinajstić information content (AvgIpc) is 2.01. The lowest BCUT2D eigenvalue weighted by molar-refractivity contribution is -0.138. The van der Waals surface area contributed by atoms with Crippen LogP contribution in [0.15, 0.2) is 18.2 Å². The summed E-state index contributed by atoms with van der Waals surface area (Å²) in [5.41, 5.74) is -1.75. The summed E-state index contributed by atoms with van der Waals surface area (Å²) in [6.07, 6.45) is -4.71. The van der Waals surface area contributed by atoms with Crippen LogP contribution in [0, 0.1) is 5.82 Å². The minimum Gasteiger partial charge on any atom is -0.294 e. The van der Waals surface area contributed by atoms with Gasteiger partial charge in [0.15, 0.2) is 5.78 Å². The fraction of sp³-hybridized carbons (Fsp3) is 0.222.